The molecule has 0 aliphatic carbocycles. The van der Waals surface area contributed by atoms with Crippen molar-refractivity contribution in [2.24, 2.45) is 0 Å². The second-order valence-corrected chi connectivity index (χ2v) is 9.93. The minimum atomic E-state index is -4.22. The first-order valence-electron chi connectivity index (χ1n) is 11.2. The first kappa shape index (κ1) is 25.1. The summed E-state index contributed by atoms with van der Waals surface area (Å²) in [6, 6.07) is 16.8. The third-order valence-electron chi connectivity index (χ3n) is 5.86. The molecule has 0 bridgehead atoms. The second-order valence-electron chi connectivity index (χ2n) is 8.25. The lowest BCUT2D eigenvalue weighted by atomic mass is 10.1. The Labute approximate surface area is 207 Å². The fraction of sp³-hybridized carbons (Fsp3) is 0.192. The van der Waals surface area contributed by atoms with Crippen molar-refractivity contribution >= 4 is 49.9 Å². The summed E-state index contributed by atoms with van der Waals surface area (Å²) in [6.07, 6.45) is 1.96. The SMILES string of the molecule is COC(=O)C[C@H](NS(=O)(=O)c1cccc2ccccc12)C(=O)N[C@H](C=O)Cc1c[nH]c2ccccc12. The number of aromatic amines is 1. The van der Waals surface area contributed by atoms with Crippen molar-refractivity contribution in [1.82, 2.24) is 15.0 Å². The molecule has 3 aromatic carbocycles. The molecule has 0 spiro atoms. The molecule has 4 rings (SSSR count). The molecule has 0 aliphatic heterocycles. The molecule has 36 heavy (non-hydrogen) atoms. The summed E-state index contributed by atoms with van der Waals surface area (Å²) < 4.78 is 33.5. The number of H-pyrrole nitrogens is 1. The number of carbonyl (C=O) groups is 3. The van der Waals surface area contributed by atoms with Crippen LogP contribution in [0.15, 0.2) is 77.8 Å². The smallest absolute Gasteiger partial charge is 0.307 e. The highest BCUT2D eigenvalue weighted by Gasteiger charge is 2.30. The standard InChI is InChI=1S/C26H25N3O6S/c1-35-25(31)14-23(29-36(33,34)24-12-6-8-17-7-2-3-10-21(17)24)26(32)28-19(16-30)13-18-15-27-22-11-5-4-9-20(18)22/h2-12,15-16,19,23,27,29H,13-14H2,1H3,(H,28,32)/t19-,23-/m0/s1. The molecule has 2 atom stereocenters. The summed E-state index contributed by atoms with van der Waals surface area (Å²) in [4.78, 5) is 40.0. The Hall–Kier alpha value is -4.02. The van der Waals surface area contributed by atoms with E-state index in [0.717, 1.165) is 23.6 Å². The van der Waals surface area contributed by atoms with E-state index in [-0.39, 0.29) is 11.3 Å². The van der Waals surface area contributed by atoms with Gasteiger partial charge in [-0.15, -0.1) is 0 Å². The Morgan fingerprint density at radius 2 is 1.69 bits per heavy atom. The lowest BCUT2D eigenvalue weighted by Crippen LogP contribution is -2.51. The molecule has 0 saturated carbocycles. The van der Waals surface area contributed by atoms with Gasteiger partial charge >= 0.3 is 5.97 Å². The van der Waals surface area contributed by atoms with Crippen molar-refractivity contribution in [3.63, 3.8) is 0 Å². The van der Waals surface area contributed by atoms with Crippen LogP contribution in [0.3, 0.4) is 0 Å². The summed E-state index contributed by atoms with van der Waals surface area (Å²) in [5.74, 6) is -1.60. The summed E-state index contributed by atoms with van der Waals surface area (Å²) in [6.45, 7) is 0. The number of ether oxygens (including phenoxy) is 1. The Bertz CT molecular complexity index is 1520. The van der Waals surface area contributed by atoms with Gasteiger partial charge in [-0.3, -0.25) is 9.59 Å². The number of methoxy groups -OCH3 is 1. The van der Waals surface area contributed by atoms with Crippen LogP contribution in [0.2, 0.25) is 0 Å². The maximum atomic E-state index is 13.3. The highest BCUT2D eigenvalue weighted by Crippen LogP contribution is 2.23. The van der Waals surface area contributed by atoms with E-state index in [1.165, 1.54) is 6.07 Å². The van der Waals surface area contributed by atoms with Gasteiger partial charge in [0.15, 0.2) is 0 Å². The number of carbonyl (C=O) groups excluding carboxylic acids is 3. The van der Waals surface area contributed by atoms with Crippen molar-refractivity contribution in [1.29, 1.82) is 0 Å². The molecule has 1 heterocycles. The van der Waals surface area contributed by atoms with E-state index in [9.17, 15) is 22.8 Å². The van der Waals surface area contributed by atoms with E-state index >= 15 is 0 Å². The van der Waals surface area contributed by atoms with E-state index < -0.39 is 40.4 Å². The van der Waals surface area contributed by atoms with Gasteiger partial charge in [0.05, 0.1) is 24.5 Å². The maximum Gasteiger partial charge on any atom is 0.307 e. The first-order valence-corrected chi connectivity index (χ1v) is 12.7. The Balaban J connectivity index is 1.57. The average molecular weight is 508 g/mol. The highest BCUT2D eigenvalue weighted by molar-refractivity contribution is 7.89. The van der Waals surface area contributed by atoms with Gasteiger partial charge in [-0.2, -0.15) is 4.72 Å². The molecule has 9 nitrogen and oxygen atoms in total. The predicted molar refractivity (Wildman–Crippen MR) is 135 cm³/mol. The molecule has 0 fully saturated rings. The molecular formula is C26H25N3O6S. The van der Waals surface area contributed by atoms with Crippen molar-refractivity contribution in [2.75, 3.05) is 7.11 Å². The monoisotopic (exact) mass is 507 g/mol. The van der Waals surface area contributed by atoms with Gasteiger partial charge < -0.3 is 19.8 Å². The van der Waals surface area contributed by atoms with Crippen molar-refractivity contribution in [3.8, 4) is 0 Å². The molecule has 186 valence electrons. The average Bonchev–Trinajstić information content (AvgIpc) is 3.29. The van der Waals surface area contributed by atoms with Crippen molar-refractivity contribution < 1.29 is 27.5 Å². The first-order chi connectivity index (χ1) is 17.3. The third-order valence-corrected chi connectivity index (χ3v) is 7.39. The zero-order valence-electron chi connectivity index (χ0n) is 19.4. The highest BCUT2D eigenvalue weighted by atomic mass is 32.2. The fourth-order valence-electron chi connectivity index (χ4n) is 4.07. The Kier molecular flexibility index (Phi) is 7.47. The fourth-order valence-corrected chi connectivity index (χ4v) is 5.50. The van der Waals surface area contributed by atoms with Crippen LogP contribution in [0.1, 0.15) is 12.0 Å². The summed E-state index contributed by atoms with van der Waals surface area (Å²) in [5, 5.41) is 4.63. The largest absolute Gasteiger partial charge is 0.469 e. The number of para-hydroxylation sites is 1. The lowest BCUT2D eigenvalue weighted by molar-refractivity contribution is -0.143. The number of sulfonamides is 1. The number of esters is 1. The molecule has 3 N–H and O–H groups in total. The van der Waals surface area contributed by atoms with Gasteiger partial charge in [-0.1, -0.05) is 54.6 Å². The van der Waals surface area contributed by atoms with E-state index in [1.54, 1.807) is 42.6 Å². The van der Waals surface area contributed by atoms with E-state index in [1.807, 2.05) is 24.3 Å². The molecule has 0 saturated heterocycles. The number of aromatic nitrogens is 1. The van der Waals surface area contributed by atoms with Crippen LogP contribution in [0.5, 0.6) is 0 Å². The summed E-state index contributed by atoms with van der Waals surface area (Å²) in [7, 11) is -3.08. The molecule has 0 aliphatic rings. The van der Waals surface area contributed by atoms with Crippen molar-refractivity contribution in [3.05, 3.63) is 78.5 Å². The molecular weight excluding hydrogens is 482 g/mol. The topological polar surface area (TPSA) is 134 Å². The zero-order valence-corrected chi connectivity index (χ0v) is 20.2. The van der Waals surface area contributed by atoms with Gasteiger partial charge in [-0.05, 0) is 23.1 Å². The number of fused-ring (bicyclic) bond motifs is 2. The van der Waals surface area contributed by atoms with Crippen LogP contribution in [0.4, 0.5) is 0 Å². The van der Waals surface area contributed by atoms with Crippen LogP contribution in [0, 0.1) is 0 Å². The molecule has 0 unspecified atom stereocenters. The molecule has 1 amide bonds. The van der Waals surface area contributed by atoms with Crippen LogP contribution in [0.25, 0.3) is 21.7 Å². The Morgan fingerprint density at radius 3 is 2.44 bits per heavy atom. The number of hydrogen-bond acceptors (Lipinski definition) is 6. The van der Waals surface area contributed by atoms with E-state index in [0.29, 0.717) is 17.1 Å². The van der Waals surface area contributed by atoms with Crippen LogP contribution in [-0.4, -0.2) is 50.8 Å². The van der Waals surface area contributed by atoms with Gasteiger partial charge in [0.2, 0.25) is 15.9 Å². The zero-order chi connectivity index (χ0) is 25.7. The number of aldehydes is 1. The van der Waals surface area contributed by atoms with Gasteiger partial charge in [-0.25, -0.2) is 8.42 Å². The van der Waals surface area contributed by atoms with Crippen LogP contribution < -0.4 is 10.0 Å². The minimum Gasteiger partial charge on any atom is -0.469 e. The second kappa shape index (κ2) is 10.7. The Morgan fingerprint density at radius 1 is 1.00 bits per heavy atom. The number of benzene rings is 3. The van der Waals surface area contributed by atoms with Crippen LogP contribution in [-0.2, 0) is 35.6 Å². The molecule has 4 aromatic rings. The number of amides is 1. The quantitative estimate of drug-likeness (QED) is 0.223. The van der Waals surface area contributed by atoms with Gasteiger partial charge in [0, 0.05) is 28.9 Å². The van der Waals surface area contributed by atoms with E-state index in [2.05, 4.69) is 19.8 Å². The maximum absolute atomic E-state index is 13.3. The minimum absolute atomic E-state index is 0.0333. The molecule has 0 radical (unpaired) electrons. The van der Waals surface area contributed by atoms with Crippen LogP contribution >= 0.6 is 0 Å². The lowest BCUT2D eigenvalue weighted by Gasteiger charge is -2.20. The summed E-state index contributed by atoms with van der Waals surface area (Å²) >= 11 is 0. The molecule has 10 heteroatoms. The summed E-state index contributed by atoms with van der Waals surface area (Å²) in [5.41, 5.74) is 1.69. The number of nitrogens with one attached hydrogen (secondary N) is 3. The van der Waals surface area contributed by atoms with E-state index in [4.69, 9.17) is 0 Å². The molecule has 1 aromatic heterocycles. The number of hydrogen-bond donors (Lipinski definition) is 3. The normalized spacial score (nSPS) is 13.2. The van der Waals surface area contributed by atoms with Gasteiger partial charge in [0.25, 0.3) is 0 Å². The third kappa shape index (κ3) is 5.45. The van der Waals surface area contributed by atoms with Crippen molar-refractivity contribution in [2.45, 2.75) is 29.8 Å². The number of rotatable bonds is 10. The van der Waals surface area contributed by atoms with Gasteiger partial charge in [0.1, 0.15) is 12.3 Å². The predicted octanol–water partition coefficient (Wildman–Crippen LogP) is 2.46.